The van der Waals surface area contributed by atoms with Crippen LogP contribution >= 0.6 is 11.8 Å². The van der Waals surface area contributed by atoms with E-state index >= 15 is 0 Å². The van der Waals surface area contributed by atoms with Crippen LogP contribution in [0.4, 0.5) is 5.69 Å². The molecule has 0 unspecified atom stereocenters. The minimum Gasteiger partial charge on any atom is -0.425 e. The van der Waals surface area contributed by atoms with Crippen molar-refractivity contribution in [1.82, 2.24) is 9.55 Å². The Morgan fingerprint density at radius 2 is 1.81 bits per heavy atom. The summed E-state index contributed by atoms with van der Waals surface area (Å²) in [5.41, 5.74) is 4.56. The SMILES string of the molecule is C[Si](O)c1nccn1[C@@](C)(CO)SC#Cc1ccc(-c2ccc(N3CCC3=O)cc2)cc1. The fourth-order valence-electron chi connectivity index (χ4n) is 3.47. The average Bonchev–Trinajstić information content (AvgIpc) is 3.30. The first-order valence-electron chi connectivity index (χ1n) is 10.3. The van der Waals surface area contributed by atoms with Gasteiger partial charge in [0.05, 0.1) is 6.61 Å². The molecule has 1 aliphatic rings. The molecule has 3 aromatic rings. The van der Waals surface area contributed by atoms with Crippen LogP contribution in [0.2, 0.25) is 6.55 Å². The number of aromatic nitrogens is 2. The van der Waals surface area contributed by atoms with Gasteiger partial charge in [-0.25, -0.2) is 4.98 Å². The van der Waals surface area contributed by atoms with Gasteiger partial charge >= 0.3 is 0 Å². The number of nitrogens with zero attached hydrogens (tertiary/aromatic N) is 3. The van der Waals surface area contributed by atoms with E-state index in [1.165, 1.54) is 11.8 Å². The lowest BCUT2D eigenvalue weighted by molar-refractivity contribution is -0.122. The molecule has 163 valence electrons. The zero-order valence-electron chi connectivity index (χ0n) is 17.9. The molecular weight excluding hydrogens is 438 g/mol. The van der Waals surface area contributed by atoms with E-state index in [1.54, 1.807) is 28.4 Å². The summed E-state index contributed by atoms with van der Waals surface area (Å²) in [6, 6.07) is 16.0. The number of carbonyl (C=O) groups excluding carboxylic acids is 1. The van der Waals surface area contributed by atoms with Gasteiger partial charge < -0.3 is 19.4 Å². The first kappa shape index (κ1) is 22.4. The normalized spacial score (nSPS) is 15.2. The van der Waals surface area contributed by atoms with Crippen molar-refractivity contribution in [2.45, 2.75) is 24.8 Å². The number of rotatable bonds is 6. The predicted molar refractivity (Wildman–Crippen MR) is 130 cm³/mol. The Morgan fingerprint density at radius 3 is 2.34 bits per heavy atom. The number of hydrogen-bond acceptors (Lipinski definition) is 5. The van der Waals surface area contributed by atoms with Crippen molar-refractivity contribution in [3.05, 3.63) is 66.5 Å². The second-order valence-corrected chi connectivity index (χ2v) is 10.7. The Balaban J connectivity index is 1.45. The van der Waals surface area contributed by atoms with E-state index < -0.39 is 13.9 Å². The summed E-state index contributed by atoms with van der Waals surface area (Å²) in [5, 5.41) is 13.1. The highest BCUT2D eigenvalue weighted by Gasteiger charge is 2.30. The lowest BCUT2D eigenvalue weighted by Gasteiger charge is -2.30. The minimum absolute atomic E-state index is 0.136. The van der Waals surface area contributed by atoms with Gasteiger partial charge in [-0.1, -0.05) is 30.2 Å². The Bertz CT molecular complexity index is 1170. The zero-order valence-corrected chi connectivity index (χ0v) is 19.8. The third kappa shape index (κ3) is 4.52. The number of aliphatic hydroxyl groups is 1. The molecule has 1 amide bonds. The monoisotopic (exact) mass is 462 g/mol. The maximum atomic E-state index is 11.6. The smallest absolute Gasteiger partial charge is 0.283 e. The van der Waals surface area contributed by atoms with Crippen molar-refractivity contribution in [2.75, 3.05) is 18.1 Å². The van der Waals surface area contributed by atoms with Crippen LogP contribution in [0.1, 0.15) is 18.9 Å². The molecule has 0 bridgehead atoms. The van der Waals surface area contributed by atoms with Crippen LogP contribution in [0.25, 0.3) is 11.1 Å². The molecule has 2 heterocycles. The highest BCUT2D eigenvalue weighted by Crippen LogP contribution is 2.29. The number of aliphatic hydroxyl groups excluding tert-OH is 1. The largest absolute Gasteiger partial charge is 0.425 e. The number of benzene rings is 2. The van der Waals surface area contributed by atoms with Crippen LogP contribution in [0, 0.1) is 11.2 Å². The Hall–Kier alpha value is -2.83. The predicted octanol–water partition coefficient (Wildman–Crippen LogP) is 2.51. The summed E-state index contributed by atoms with van der Waals surface area (Å²) in [6.07, 6.45) is 4.03. The molecule has 2 N–H and O–H groups in total. The fourth-order valence-corrected chi connectivity index (χ4v) is 5.18. The lowest BCUT2D eigenvalue weighted by atomic mass is 10.0. The van der Waals surface area contributed by atoms with Crippen LogP contribution in [-0.2, 0) is 9.67 Å². The van der Waals surface area contributed by atoms with Gasteiger partial charge in [0, 0.05) is 36.6 Å². The number of amides is 1. The third-order valence-electron chi connectivity index (χ3n) is 5.48. The second kappa shape index (κ2) is 9.34. The van der Waals surface area contributed by atoms with Gasteiger partial charge in [-0.3, -0.25) is 4.79 Å². The highest BCUT2D eigenvalue weighted by atomic mass is 32.2. The van der Waals surface area contributed by atoms with Crippen molar-refractivity contribution in [1.29, 1.82) is 0 Å². The molecule has 4 rings (SSSR count). The fraction of sp³-hybridized carbons (Fsp3) is 0.250. The Morgan fingerprint density at radius 1 is 1.16 bits per heavy atom. The topological polar surface area (TPSA) is 78.6 Å². The summed E-state index contributed by atoms with van der Waals surface area (Å²) in [6.45, 7) is 4.28. The molecule has 1 radical (unpaired) electrons. The summed E-state index contributed by atoms with van der Waals surface area (Å²) in [5.74, 6) is 3.31. The van der Waals surface area contributed by atoms with Crippen molar-refractivity contribution in [3.63, 3.8) is 0 Å². The number of β-lactam (4-membered cyclic amide) rings is 1. The third-order valence-corrected chi connectivity index (χ3v) is 7.47. The Labute approximate surface area is 193 Å². The van der Waals surface area contributed by atoms with E-state index in [4.69, 9.17) is 0 Å². The minimum atomic E-state index is -1.75. The molecule has 0 spiro atoms. The maximum absolute atomic E-state index is 11.6. The van der Waals surface area contributed by atoms with Gasteiger partial charge in [-0.2, -0.15) is 0 Å². The average molecular weight is 463 g/mol. The first-order valence-corrected chi connectivity index (χ1v) is 13.0. The van der Waals surface area contributed by atoms with Crippen LogP contribution in [0.15, 0.2) is 60.9 Å². The number of hydrogen-bond donors (Lipinski definition) is 2. The highest BCUT2D eigenvalue weighted by molar-refractivity contribution is 8.04. The number of imidazole rings is 1. The molecule has 1 saturated heterocycles. The molecule has 6 nitrogen and oxygen atoms in total. The van der Waals surface area contributed by atoms with E-state index in [9.17, 15) is 14.7 Å². The molecule has 1 aromatic heterocycles. The van der Waals surface area contributed by atoms with Gasteiger partial charge in [0.2, 0.25) is 5.91 Å². The van der Waals surface area contributed by atoms with Gasteiger partial charge in [-0.15, -0.1) is 0 Å². The molecule has 8 heteroatoms. The van der Waals surface area contributed by atoms with E-state index in [2.05, 4.69) is 16.2 Å². The number of anilines is 1. The molecule has 0 aliphatic carbocycles. The van der Waals surface area contributed by atoms with Crippen molar-refractivity contribution >= 4 is 37.8 Å². The van der Waals surface area contributed by atoms with Crippen LogP contribution in [0.3, 0.4) is 0 Å². The Kier molecular flexibility index (Phi) is 6.53. The first-order chi connectivity index (χ1) is 15.4. The van der Waals surface area contributed by atoms with E-state index in [0.717, 1.165) is 28.9 Å². The van der Waals surface area contributed by atoms with Crippen molar-refractivity contribution in [2.24, 2.45) is 0 Å². The second-order valence-electron chi connectivity index (χ2n) is 7.79. The molecule has 0 saturated carbocycles. The number of thioether (sulfide) groups is 1. The molecular formula is C24H24N3O3SSi. The van der Waals surface area contributed by atoms with Crippen LogP contribution < -0.4 is 10.3 Å². The van der Waals surface area contributed by atoms with E-state index in [0.29, 0.717) is 11.9 Å². The zero-order chi connectivity index (χ0) is 22.7. The van der Waals surface area contributed by atoms with Crippen LogP contribution in [-0.4, -0.2) is 47.6 Å². The van der Waals surface area contributed by atoms with E-state index in [-0.39, 0.29) is 12.5 Å². The van der Waals surface area contributed by atoms with Gasteiger partial charge in [-0.05, 0) is 65.9 Å². The maximum Gasteiger partial charge on any atom is 0.283 e. The van der Waals surface area contributed by atoms with Crippen LogP contribution in [0.5, 0.6) is 0 Å². The molecule has 1 fully saturated rings. The van der Waals surface area contributed by atoms with E-state index in [1.807, 2.05) is 55.5 Å². The van der Waals surface area contributed by atoms with Crippen molar-refractivity contribution < 1.29 is 14.7 Å². The quantitative estimate of drug-likeness (QED) is 0.334. The molecule has 1 aliphatic heterocycles. The standard InChI is InChI=1S/C24H24N3O3SSi/c1-24(17-28,27-15-13-25-23(27)32(2)30)31-16-12-18-3-5-19(6-4-18)20-7-9-21(10-8-20)26-14-11-22(26)29/h3-10,13,15,28,30H,11,14,17H2,1-2H3/t24-/m1/s1. The summed E-state index contributed by atoms with van der Waals surface area (Å²) < 4.78 is 1.81. The summed E-state index contributed by atoms with van der Waals surface area (Å²) in [4.78, 5) is 26.9. The molecule has 1 atom stereocenters. The summed E-state index contributed by atoms with van der Waals surface area (Å²) >= 11 is 1.31. The molecule has 32 heavy (non-hydrogen) atoms. The lowest BCUT2D eigenvalue weighted by Crippen LogP contribution is -2.44. The van der Waals surface area contributed by atoms with Crippen molar-refractivity contribution in [3.8, 4) is 22.3 Å². The molecule has 2 aromatic carbocycles. The van der Waals surface area contributed by atoms with Gasteiger partial charge in [0.1, 0.15) is 10.3 Å². The number of carbonyl (C=O) groups is 1. The van der Waals surface area contributed by atoms with Gasteiger partial charge in [0.25, 0.3) is 9.04 Å². The van der Waals surface area contributed by atoms with Gasteiger partial charge in [0.15, 0.2) is 0 Å². The summed E-state index contributed by atoms with van der Waals surface area (Å²) in [7, 11) is -1.75.